The first-order valence-corrected chi connectivity index (χ1v) is 7.16. The van der Waals surface area contributed by atoms with Gasteiger partial charge < -0.3 is 10.8 Å². The molecule has 1 amide bonds. The summed E-state index contributed by atoms with van der Waals surface area (Å²) < 4.78 is 0. The van der Waals surface area contributed by atoms with Gasteiger partial charge in [-0.05, 0) is 53.9 Å². The number of nitrogens with two attached hydrogens (primary N) is 1. The first kappa shape index (κ1) is 14.8. The molecule has 0 spiro atoms. The van der Waals surface area contributed by atoms with E-state index in [1.165, 1.54) is 5.57 Å². The minimum atomic E-state index is -0.388. The fourth-order valence-electron chi connectivity index (χ4n) is 2.68. The fraction of sp³-hybridized carbons (Fsp3) is 0.471. The van der Waals surface area contributed by atoms with Crippen molar-refractivity contribution in [1.82, 2.24) is 0 Å². The maximum atomic E-state index is 11.6. The predicted molar refractivity (Wildman–Crippen MR) is 81.4 cm³/mol. The number of rotatable bonds is 4. The monoisotopic (exact) mass is 273 g/mol. The standard InChI is InChI=1S/C17H23NO2/c1-17(2)8-5-13(6-9-17)15-11-12(7-10-19)3-4-14(15)16(18)20/h3-5,11,19H,6-10H2,1-2H3,(H2,18,20). The quantitative estimate of drug-likeness (QED) is 0.886. The van der Waals surface area contributed by atoms with E-state index in [0.29, 0.717) is 17.4 Å². The van der Waals surface area contributed by atoms with Crippen molar-refractivity contribution in [3.8, 4) is 0 Å². The first-order valence-electron chi connectivity index (χ1n) is 7.16. The zero-order chi connectivity index (χ0) is 14.8. The number of benzene rings is 1. The number of carbonyl (C=O) groups excluding carboxylic acids is 1. The van der Waals surface area contributed by atoms with E-state index in [0.717, 1.165) is 30.4 Å². The minimum Gasteiger partial charge on any atom is -0.396 e. The Morgan fingerprint density at radius 3 is 2.70 bits per heavy atom. The molecule has 0 aliphatic heterocycles. The fourth-order valence-corrected chi connectivity index (χ4v) is 2.68. The molecular formula is C17H23NO2. The van der Waals surface area contributed by atoms with Crippen LogP contribution in [0.25, 0.3) is 5.57 Å². The van der Waals surface area contributed by atoms with E-state index in [1.54, 1.807) is 6.07 Å². The Balaban J connectivity index is 2.40. The normalized spacial score (nSPS) is 17.6. The number of aliphatic hydroxyl groups excluding tert-OH is 1. The van der Waals surface area contributed by atoms with Gasteiger partial charge in [-0.25, -0.2) is 0 Å². The van der Waals surface area contributed by atoms with Crippen molar-refractivity contribution < 1.29 is 9.90 Å². The van der Waals surface area contributed by atoms with Crippen molar-refractivity contribution in [3.05, 3.63) is 41.0 Å². The first-order chi connectivity index (χ1) is 9.43. The second-order valence-corrected chi connectivity index (χ2v) is 6.32. The molecule has 1 aromatic carbocycles. The lowest BCUT2D eigenvalue weighted by Gasteiger charge is -2.29. The van der Waals surface area contributed by atoms with Gasteiger partial charge in [-0.15, -0.1) is 0 Å². The summed E-state index contributed by atoms with van der Waals surface area (Å²) in [5.74, 6) is -0.388. The Hall–Kier alpha value is -1.61. The highest BCUT2D eigenvalue weighted by atomic mass is 16.2. The number of primary amides is 1. The molecule has 0 fully saturated rings. The van der Waals surface area contributed by atoms with Gasteiger partial charge >= 0.3 is 0 Å². The molecule has 0 saturated heterocycles. The van der Waals surface area contributed by atoms with Gasteiger partial charge in [0.25, 0.3) is 0 Å². The lowest BCUT2D eigenvalue weighted by molar-refractivity contribution is 0.1000. The molecule has 0 heterocycles. The van der Waals surface area contributed by atoms with E-state index in [9.17, 15) is 4.79 Å². The second-order valence-electron chi connectivity index (χ2n) is 6.32. The van der Waals surface area contributed by atoms with Crippen molar-refractivity contribution in [2.45, 2.75) is 39.5 Å². The zero-order valence-electron chi connectivity index (χ0n) is 12.3. The molecule has 108 valence electrons. The highest BCUT2D eigenvalue weighted by Crippen LogP contribution is 2.38. The van der Waals surface area contributed by atoms with Crippen LogP contribution in [-0.2, 0) is 6.42 Å². The largest absolute Gasteiger partial charge is 0.396 e. The van der Waals surface area contributed by atoms with Gasteiger partial charge in [0.05, 0.1) is 0 Å². The van der Waals surface area contributed by atoms with Crippen LogP contribution < -0.4 is 5.73 Å². The number of carbonyl (C=O) groups is 1. The van der Waals surface area contributed by atoms with Crippen LogP contribution in [0.3, 0.4) is 0 Å². The summed E-state index contributed by atoms with van der Waals surface area (Å²) in [5.41, 5.74) is 9.59. The molecule has 0 bridgehead atoms. The highest BCUT2D eigenvalue weighted by Gasteiger charge is 2.23. The van der Waals surface area contributed by atoms with Crippen molar-refractivity contribution in [2.24, 2.45) is 11.1 Å². The third-order valence-corrected chi connectivity index (χ3v) is 4.07. The van der Waals surface area contributed by atoms with E-state index in [-0.39, 0.29) is 12.5 Å². The summed E-state index contributed by atoms with van der Waals surface area (Å²) in [6.07, 6.45) is 5.93. The van der Waals surface area contributed by atoms with Crippen molar-refractivity contribution >= 4 is 11.5 Å². The van der Waals surface area contributed by atoms with Gasteiger partial charge in [0.1, 0.15) is 0 Å². The summed E-state index contributed by atoms with van der Waals surface area (Å²) in [6, 6.07) is 5.65. The smallest absolute Gasteiger partial charge is 0.249 e. The average molecular weight is 273 g/mol. The topological polar surface area (TPSA) is 63.3 Å². The maximum absolute atomic E-state index is 11.6. The molecule has 1 aliphatic carbocycles. The Morgan fingerprint density at radius 2 is 2.15 bits per heavy atom. The summed E-state index contributed by atoms with van der Waals surface area (Å²) in [5, 5.41) is 9.06. The molecule has 3 nitrogen and oxygen atoms in total. The van der Waals surface area contributed by atoms with E-state index >= 15 is 0 Å². The van der Waals surface area contributed by atoms with Crippen LogP contribution in [0.4, 0.5) is 0 Å². The van der Waals surface area contributed by atoms with E-state index in [4.69, 9.17) is 10.8 Å². The summed E-state index contributed by atoms with van der Waals surface area (Å²) in [7, 11) is 0. The van der Waals surface area contributed by atoms with E-state index in [2.05, 4.69) is 19.9 Å². The van der Waals surface area contributed by atoms with Crippen LogP contribution in [0.2, 0.25) is 0 Å². The van der Waals surface area contributed by atoms with Gasteiger partial charge in [-0.2, -0.15) is 0 Å². The molecule has 3 N–H and O–H groups in total. The molecular weight excluding hydrogens is 250 g/mol. The molecule has 2 rings (SSSR count). The van der Waals surface area contributed by atoms with Crippen molar-refractivity contribution in [2.75, 3.05) is 6.61 Å². The van der Waals surface area contributed by atoms with Crippen LogP contribution in [0.1, 0.15) is 54.6 Å². The number of allylic oxidation sites excluding steroid dienone is 2. The molecule has 0 saturated carbocycles. The van der Waals surface area contributed by atoms with Crippen LogP contribution in [0.15, 0.2) is 24.3 Å². The lowest BCUT2D eigenvalue weighted by atomic mass is 9.76. The van der Waals surface area contributed by atoms with Crippen molar-refractivity contribution in [1.29, 1.82) is 0 Å². The summed E-state index contributed by atoms with van der Waals surface area (Å²) in [4.78, 5) is 11.6. The second kappa shape index (κ2) is 5.80. The number of aliphatic hydroxyl groups is 1. The van der Waals surface area contributed by atoms with Crippen molar-refractivity contribution in [3.63, 3.8) is 0 Å². The Labute approximate surface area is 120 Å². The van der Waals surface area contributed by atoms with Gasteiger partial charge in [0.15, 0.2) is 0 Å². The van der Waals surface area contributed by atoms with Gasteiger partial charge in [0, 0.05) is 12.2 Å². The third-order valence-electron chi connectivity index (χ3n) is 4.07. The van der Waals surface area contributed by atoms with E-state index < -0.39 is 0 Å². The summed E-state index contributed by atoms with van der Waals surface area (Å²) in [6.45, 7) is 4.64. The molecule has 0 unspecified atom stereocenters. The molecule has 20 heavy (non-hydrogen) atoms. The number of hydrogen-bond donors (Lipinski definition) is 2. The van der Waals surface area contributed by atoms with Crippen LogP contribution >= 0.6 is 0 Å². The SMILES string of the molecule is CC1(C)CC=C(c2cc(CCO)ccc2C(N)=O)CC1. The molecule has 1 aromatic rings. The lowest BCUT2D eigenvalue weighted by Crippen LogP contribution is -2.17. The molecule has 3 heteroatoms. The predicted octanol–water partition coefficient (Wildman–Crippen LogP) is 2.91. The highest BCUT2D eigenvalue weighted by molar-refractivity contribution is 5.98. The van der Waals surface area contributed by atoms with Crippen LogP contribution in [0.5, 0.6) is 0 Å². The minimum absolute atomic E-state index is 0.113. The Kier molecular flexibility index (Phi) is 4.29. The zero-order valence-corrected chi connectivity index (χ0v) is 12.3. The van der Waals surface area contributed by atoms with Gasteiger partial charge in [-0.3, -0.25) is 4.79 Å². The average Bonchev–Trinajstić information content (AvgIpc) is 2.38. The number of hydrogen-bond acceptors (Lipinski definition) is 2. The van der Waals surface area contributed by atoms with Gasteiger partial charge in [-0.1, -0.05) is 32.1 Å². The number of amides is 1. The Bertz CT molecular complexity index is 544. The summed E-state index contributed by atoms with van der Waals surface area (Å²) >= 11 is 0. The van der Waals surface area contributed by atoms with Gasteiger partial charge in [0.2, 0.25) is 5.91 Å². The molecule has 1 aliphatic rings. The van der Waals surface area contributed by atoms with E-state index in [1.807, 2.05) is 12.1 Å². The third kappa shape index (κ3) is 3.28. The maximum Gasteiger partial charge on any atom is 0.249 e. The molecule has 0 atom stereocenters. The molecule has 0 radical (unpaired) electrons. The Morgan fingerprint density at radius 1 is 1.40 bits per heavy atom. The molecule has 0 aromatic heterocycles. The van der Waals surface area contributed by atoms with Crippen LogP contribution in [0, 0.1) is 5.41 Å². The van der Waals surface area contributed by atoms with Crippen LogP contribution in [-0.4, -0.2) is 17.6 Å².